The molecule has 2 aromatic rings. The first kappa shape index (κ1) is 24.1. The molecule has 0 aromatic heterocycles. The van der Waals surface area contributed by atoms with Gasteiger partial charge in [-0.2, -0.15) is 0 Å². The molecule has 1 aliphatic carbocycles. The number of aliphatic hydroxyl groups excluding tert-OH is 1. The van der Waals surface area contributed by atoms with Crippen LogP contribution in [0.25, 0.3) is 0 Å². The second-order valence-corrected chi connectivity index (χ2v) is 9.94. The van der Waals surface area contributed by atoms with Gasteiger partial charge in [-0.25, -0.2) is 0 Å². The summed E-state index contributed by atoms with van der Waals surface area (Å²) in [4.78, 5) is 2.42. The van der Waals surface area contributed by atoms with E-state index in [0.29, 0.717) is 13.2 Å². The second kappa shape index (κ2) is 10.9. The molecule has 5 nitrogen and oxygen atoms in total. The first-order valence-electron chi connectivity index (χ1n) is 12.4. The van der Waals surface area contributed by atoms with Gasteiger partial charge >= 0.3 is 0 Å². The van der Waals surface area contributed by atoms with E-state index in [1.165, 1.54) is 24.0 Å². The molecule has 180 valence electrons. The van der Waals surface area contributed by atoms with Gasteiger partial charge in [0.2, 0.25) is 0 Å². The van der Waals surface area contributed by atoms with Crippen molar-refractivity contribution in [3.8, 4) is 11.5 Å². The van der Waals surface area contributed by atoms with Crippen LogP contribution in [0.3, 0.4) is 0 Å². The average molecular weight is 454 g/mol. The number of aliphatic hydroxyl groups is 1. The SMILES string of the molecule is COc1ccc(C2CN(CCOCc3ccccc3)CC2(C)C(C)O)cc1OC1CCCC1. The molecule has 5 heteroatoms. The number of hydrogen-bond acceptors (Lipinski definition) is 5. The zero-order valence-corrected chi connectivity index (χ0v) is 20.3. The van der Waals surface area contributed by atoms with E-state index in [4.69, 9.17) is 14.2 Å². The van der Waals surface area contributed by atoms with Gasteiger partial charge in [-0.05, 0) is 55.9 Å². The fourth-order valence-corrected chi connectivity index (χ4v) is 5.35. The third-order valence-corrected chi connectivity index (χ3v) is 7.60. The van der Waals surface area contributed by atoms with Crippen molar-refractivity contribution in [2.24, 2.45) is 5.41 Å². The fourth-order valence-electron chi connectivity index (χ4n) is 5.35. The number of hydrogen-bond donors (Lipinski definition) is 1. The smallest absolute Gasteiger partial charge is 0.161 e. The van der Waals surface area contributed by atoms with Crippen LogP contribution in [-0.4, -0.2) is 55.6 Å². The highest BCUT2D eigenvalue weighted by Crippen LogP contribution is 2.47. The van der Waals surface area contributed by atoms with Crippen LogP contribution in [0, 0.1) is 5.41 Å². The minimum absolute atomic E-state index is 0.212. The molecule has 4 rings (SSSR count). The van der Waals surface area contributed by atoms with Gasteiger partial charge in [0, 0.05) is 31.0 Å². The number of rotatable bonds is 10. The number of benzene rings is 2. The lowest BCUT2D eigenvalue weighted by Gasteiger charge is -2.34. The predicted molar refractivity (Wildman–Crippen MR) is 131 cm³/mol. The van der Waals surface area contributed by atoms with E-state index in [-0.39, 0.29) is 17.4 Å². The zero-order valence-electron chi connectivity index (χ0n) is 20.3. The molecule has 1 N–H and O–H groups in total. The van der Waals surface area contributed by atoms with Crippen molar-refractivity contribution < 1.29 is 19.3 Å². The maximum Gasteiger partial charge on any atom is 0.161 e. The third kappa shape index (κ3) is 5.71. The minimum atomic E-state index is -0.418. The minimum Gasteiger partial charge on any atom is -0.493 e. The van der Waals surface area contributed by atoms with Crippen molar-refractivity contribution in [1.82, 2.24) is 4.90 Å². The Morgan fingerprint density at radius 1 is 1.09 bits per heavy atom. The van der Waals surface area contributed by atoms with E-state index in [1.807, 2.05) is 31.2 Å². The Bertz CT molecular complexity index is 881. The van der Waals surface area contributed by atoms with Gasteiger partial charge in [-0.3, -0.25) is 4.90 Å². The van der Waals surface area contributed by atoms with E-state index >= 15 is 0 Å². The lowest BCUT2D eigenvalue weighted by atomic mass is 9.72. The van der Waals surface area contributed by atoms with E-state index in [9.17, 15) is 5.11 Å². The van der Waals surface area contributed by atoms with E-state index in [0.717, 1.165) is 44.0 Å². The standard InChI is InChI=1S/C28H39NO4/c1-21(30)28(2)20-29(15-16-32-19-22-9-5-4-6-10-22)18-25(28)23-13-14-26(31-3)27(17-23)33-24-11-7-8-12-24/h4-6,9-10,13-14,17,21,24-25,30H,7-8,11-12,15-16,18-20H2,1-3H3. The Kier molecular flexibility index (Phi) is 7.94. The molecule has 3 atom stereocenters. The van der Waals surface area contributed by atoms with Crippen LogP contribution in [0.2, 0.25) is 0 Å². The predicted octanol–water partition coefficient (Wildman–Crippen LogP) is 5.02. The topological polar surface area (TPSA) is 51.2 Å². The van der Waals surface area contributed by atoms with Crippen LogP contribution >= 0.6 is 0 Å². The van der Waals surface area contributed by atoms with Crippen molar-refractivity contribution in [3.63, 3.8) is 0 Å². The second-order valence-electron chi connectivity index (χ2n) is 9.94. The highest BCUT2D eigenvalue weighted by molar-refractivity contribution is 5.45. The molecular weight excluding hydrogens is 414 g/mol. The van der Waals surface area contributed by atoms with Crippen LogP contribution < -0.4 is 9.47 Å². The Morgan fingerprint density at radius 3 is 2.55 bits per heavy atom. The molecule has 2 aliphatic rings. The molecule has 33 heavy (non-hydrogen) atoms. The molecule has 3 unspecified atom stereocenters. The highest BCUT2D eigenvalue weighted by atomic mass is 16.5. The zero-order chi connectivity index (χ0) is 23.3. The maximum absolute atomic E-state index is 10.8. The van der Waals surface area contributed by atoms with Gasteiger partial charge in [0.05, 0.1) is 32.5 Å². The lowest BCUT2D eigenvalue weighted by Crippen LogP contribution is -2.37. The molecule has 2 fully saturated rings. The average Bonchev–Trinajstić information content (AvgIpc) is 3.45. The van der Waals surface area contributed by atoms with E-state index < -0.39 is 6.10 Å². The molecule has 1 heterocycles. The summed E-state index contributed by atoms with van der Waals surface area (Å²) in [6.07, 6.45) is 4.55. The van der Waals surface area contributed by atoms with Crippen LogP contribution in [0.4, 0.5) is 0 Å². The molecule has 1 aliphatic heterocycles. The van der Waals surface area contributed by atoms with E-state index in [1.54, 1.807) is 7.11 Å². The molecular formula is C28H39NO4. The van der Waals surface area contributed by atoms with Crippen molar-refractivity contribution in [1.29, 1.82) is 0 Å². The first-order chi connectivity index (χ1) is 16.0. The van der Waals surface area contributed by atoms with Crippen molar-refractivity contribution >= 4 is 0 Å². The van der Waals surface area contributed by atoms with Gasteiger partial charge in [-0.15, -0.1) is 0 Å². The Labute approximate surface area is 198 Å². The number of nitrogens with zero attached hydrogens (tertiary/aromatic N) is 1. The van der Waals surface area contributed by atoms with Gasteiger partial charge < -0.3 is 19.3 Å². The first-order valence-corrected chi connectivity index (χ1v) is 12.4. The molecule has 2 aromatic carbocycles. The Morgan fingerprint density at radius 2 is 1.85 bits per heavy atom. The van der Waals surface area contributed by atoms with Crippen LogP contribution in [0.5, 0.6) is 11.5 Å². The van der Waals surface area contributed by atoms with Gasteiger partial charge in [-0.1, -0.05) is 43.3 Å². The summed E-state index contributed by atoms with van der Waals surface area (Å²) in [5.41, 5.74) is 2.16. The van der Waals surface area contributed by atoms with Crippen LogP contribution in [-0.2, 0) is 11.3 Å². The number of likely N-dealkylation sites (tertiary alicyclic amines) is 1. The summed E-state index contributed by atoms with van der Waals surface area (Å²) in [7, 11) is 1.70. The molecule has 1 saturated heterocycles. The summed E-state index contributed by atoms with van der Waals surface area (Å²) in [5.74, 6) is 1.83. The van der Waals surface area contributed by atoms with Gasteiger partial charge in [0.25, 0.3) is 0 Å². The summed E-state index contributed by atoms with van der Waals surface area (Å²) in [6, 6.07) is 16.6. The van der Waals surface area contributed by atoms with Crippen LogP contribution in [0.1, 0.15) is 56.6 Å². The summed E-state index contributed by atoms with van der Waals surface area (Å²) >= 11 is 0. The summed E-state index contributed by atoms with van der Waals surface area (Å²) in [5, 5.41) is 10.8. The molecule has 0 bridgehead atoms. The molecule has 0 amide bonds. The van der Waals surface area contributed by atoms with Crippen LogP contribution in [0.15, 0.2) is 48.5 Å². The Balaban J connectivity index is 1.43. The van der Waals surface area contributed by atoms with Gasteiger partial charge in [0.1, 0.15) is 0 Å². The van der Waals surface area contributed by atoms with E-state index in [2.05, 4.69) is 36.1 Å². The third-order valence-electron chi connectivity index (χ3n) is 7.60. The number of methoxy groups -OCH3 is 1. The monoisotopic (exact) mass is 453 g/mol. The van der Waals surface area contributed by atoms with Gasteiger partial charge in [0.15, 0.2) is 11.5 Å². The number of ether oxygens (including phenoxy) is 3. The quantitative estimate of drug-likeness (QED) is 0.512. The highest BCUT2D eigenvalue weighted by Gasteiger charge is 2.46. The summed E-state index contributed by atoms with van der Waals surface area (Å²) < 4.78 is 17.9. The Hall–Kier alpha value is -2.08. The summed E-state index contributed by atoms with van der Waals surface area (Å²) in [6.45, 7) is 8.02. The van der Waals surface area contributed by atoms with Crippen molar-refractivity contribution in [2.75, 3.05) is 33.4 Å². The maximum atomic E-state index is 10.8. The molecule has 0 spiro atoms. The molecule has 0 radical (unpaired) electrons. The van der Waals surface area contributed by atoms with Crippen molar-refractivity contribution in [2.45, 2.75) is 64.3 Å². The largest absolute Gasteiger partial charge is 0.493 e. The molecule has 1 saturated carbocycles. The van der Waals surface area contributed by atoms with Crippen molar-refractivity contribution in [3.05, 3.63) is 59.7 Å². The lowest BCUT2D eigenvalue weighted by molar-refractivity contribution is 0.0434. The fraction of sp³-hybridized carbons (Fsp3) is 0.571. The normalized spacial score (nSPS) is 24.8.